The summed E-state index contributed by atoms with van der Waals surface area (Å²) in [6.45, 7) is 2.59. The summed E-state index contributed by atoms with van der Waals surface area (Å²) < 4.78 is 28.2. The predicted octanol–water partition coefficient (Wildman–Crippen LogP) is 3.07. The number of carbonyl (C=O) groups is 1. The second kappa shape index (κ2) is 7.11. The van der Waals surface area contributed by atoms with Gasteiger partial charge in [-0.1, -0.05) is 13.3 Å². The third-order valence-electron chi connectivity index (χ3n) is 1.96. The summed E-state index contributed by atoms with van der Waals surface area (Å²) in [5, 5.41) is 2.62. The first-order valence-corrected chi connectivity index (χ1v) is 6.11. The molecule has 0 aliphatic carbocycles. The van der Waals surface area contributed by atoms with Crippen LogP contribution in [0.25, 0.3) is 0 Å². The highest BCUT2D eigenvalue weighted by atomic mass is 32.2. The maximum absolute atomic E-state index is 13.2. The third-order valence-corrected chi connectivity index (χ3v) is 2.80. The largest absolute Gasteiger partial charge is 0.337 e. The molecule has 0 atom stereocenters. The second-order valence-electron chi connectivity index (χ2n) is 3.39. The third kappa shape index (κ3) is 5.04. The Morgan fingerprint density at radius 1 is 1.41 bits per heavy atom. The van der Waals surface area contributed by atoms with Crippen LogP contribution in [0.15, 0.2) is 23.1 Å². The van der Waals surface area contributed by atoms with Gasteiger partial charge < -0.3 is 5.32 Å². The van der Waals surface area contributed by atoms with E-state index >= 15 is 0 Å². The summed E-state index contributed by atoms with van der Waals surface area (Å²) in [6, 6.07) is 2.81. The van der Waals surface area contributed by atoms with E-state index in [-0.39, 0.29) is 10.9 Å². The second-order valence-corrected chi connectivity index (χ2v) is 4.24. The van der Waals surface area contributed by atoms with E-state index in [2.05, 4.69) is 10.0 Å². The SMILES string of the molecule is CCCCNC(=O)NSc1ccc(F)cc1F. The quantitative estimate of drug-likeness (QED) is 0.631. The molecule has 0 saturated heterocycles. The molecule has 2 amide bonds. The Morgan fingerprint density at radius 2 is 2.18 bits per heavy atom. The fourth-order valence-corrected chi connectivity index (χ4v) is 1.64. The van der Waals surface area contributed by atoms with Crippen molar-refractivity contribution in [3.05, 3.63) is 29.8 Å². The van der Waals surface area contributed by atoms with E-state index in [1.807, 2.05) is 6.92 Å². The summed E-state index contributed by atoms with van der Waals surface area (Å²) in [7, 11) is 0. The fraction of sp³-hybridized carbons (Fsp3) is 0.364. The van der Waals surface area contributed by atoms with E-state index in [0.717, 1.165) is 36.9 Å². The van der Waals surface area contributed by atoms with Gasteiger partial charge in [0.15, 0.2) is 0 Å². The van der Waals surface area contributed by atoms with E-state index in [4.69, 9.17) is 0 Å². The summed E-state index contributed by atoms with van der Waals surface area (Å²) in [5.41, 5.74) is 0. The summed E-state index contributed by atoms with van der Waals surface area (Å²) >= 11 is 0.818. The monoisotopic (exact) mass is 260 g/mol. The number of urea groups is 1. The standard InChI is InChI=1S/C11H14F2N2OS/c1-2-3-6-14-11(16)15-17-10-5-4-8(12)7-9(10)13/h4-5,7H,2-3,6H2,1H3,(H2,14,15,16). The lowest BCUT2D eigenvalue weighted by Gasteiger charge is -2.06. The van der Waals surface area contributed by atoms with Crippen LogP contribution in [0.5, 0.6) is 0 Å². The van der Waals surface area contributed by atoms with E-state index in [1.165, 1.54) is 6.07 Å². The lowest BCUT2D eigenvalue weighted by molar-refractivity contribution is 0.246. The molecule has 0 heterocycles. The lowest BCUT2D eigenvalue weighted by atomic mass is 10.3. The van der Waals surface area contributed by atoms with Crippen LogP contribution < -0.4 is 10.0 Å². The number of hydrogen-bond donors (Lipinski definition) is 2. The molecule has 94 valence electrons. The van der Waals surface area contributed by atoms with Crippen molar-refractivity contribution in [2.45, 2.75) is 24.7 Å². The van der Waals surface area contributed by atoms with E-state index in [9.17, 15) is 13.6 Å². The number of carbonyl (C=O) groups excluding carboxylic acids is 1. The molecule has 2 N–H and O–H groups in total. The predicted molar refractivity (Wildman–Crippen MR) is 63.7 cm³/mol. The van der Waals surface area contributed by atoms with Gasteiger partial charge in [0, 0.05) is 12.6 Å². The molecule has 0 fully saturated rings. The molecular formula is C11H14F2N2OS. The zero-order valence-electron chi connectivity index (χ0n) is 9.43. The maximum Gasteiger partial charge on any atom is 0.325 e. The average Bonchev–Trinajstić information content (AvgIpc) is 2.28. The zero-order valence-corrected chi connectivity index (χ0v) is 10.2. The summed E-state index contributed by atoms with van der Waals surface area (Å²) in [4.78, 5) is 11.4. The van der Waals surface area contributed by atoms with Crippen LogP contribution in [0.4, 0.5) is 13.6 Å². The number of unbranched alkanes of at least 4 members (excludes halogenated alkanes) is 1. The van der Waals surface area contributed by atoms with Crippen molar-refractivity contribution in [1.29, 1.82) is 0 Å². The molecule has 0 aromatic heterocycles. The normalized spacial score (nSPS) is 10.1. The van der Waals surface area contributed by atoms with Crippen LogP contribution in [0.1, 0.15) is 19.8 Å². The fourth-order valence-electron chi connectivity index (χ4n) is 1.07. The van der Waals surface area contributed by atoms with Crippen molar-refractivity contribution in [2.75, 3.05) is 6.54 Å². The smallest absolute Gasteiger partial charge is 0.325 e. The van der Waals surface area contributed by atoms with E-state index in [1.54, 1.807) is 0 Å². The van der Waals surface area contributed by atoms with Gasteiger partial charge in [-0.05, 0) is 30.5 Å². The van der Waals surface area contributed by atoms with Crippen LogP contribution in [0.2, 0.25) is 0 Å². The van der Waals surface area contributed by atoms with Gasteiger partial charge in [0.1, 0.15) is 11.6 Å². The average molecular weight is 260 g/mol. The molecule has 0 unspecified atom stereocenters. The van der Waals surface area contributed by atoms with Crippen LogP contribution in [-0.2, 0) is 0 Å². The molecule has 0 radical (unpaired) electrons. The van der Waals surface area contributed by atoms with E-state index in [0.29, 0.717) is 6.54 Å². The lowest BCUT2D eigenvalue weighted by Crippen LogP contribution is -2.31. The van der Waals surface area contributed by atoms with Gasteiger partial charge >= 0.3 is 6.03 Å². The molecule has 1 aromatic carbocycles. The number of hydrogen-bond acceptors (Lipinski definition) is 2. The minimum Gasteiger partial charge on any atom is -0.337 e. The Bertz CT molecular complexity index is 388. The molecule has 0 aliphatic rings. The van der Waals surface area contributed by atoms with Crippen molar-refractivity contribution in [3.63, 3.8) is 0 Å². The van der Waals surface area contributed by atoms with Gasteiger partial charge in [-0.2, -0.15) is 0 Å². The van der Waals surface area contributed by atoms with Crippen LogP contribution >= 0.6 is 11.9 Å². The van der Waals surface area contributed by atoms with Gasteiger partial charge in [0.05, 0.1) is 4.90 Å². The first-order chi connectivity index (χ1) is 8.13. The van der Waals surface area contributed by atoms with Crippen molar-refractivity contribution >= 4 is 18.0 Å². The van der Waals surface area contributed by atoms with Gasteiger partial charge in [0.25, 0.3) is 0 Å². The van der Waals surface area contributed by atoms with Crippen molar-refractivity contribution in [3.8, 4) is 0 Å². The Labute approximate surface area is 103 Å². The Hall–Kier alpha value is -1.30. The molecule has 1 aromatic rings. The summed E-state index contributed by atoms with van der Waals surface area (Å²) in [5.74, 6) is -1.33. The number of benzene rings is 1. The van der Waals surface area contributed by atoms with Crippen LogP contribution in [-0.4, -0.2) is 12.6 Å². The van der Waals surface area contributed by atoms with E-state index < -0.39 is 11.6 Å². The first kappa shape index (κ1) is 13.8. The zero-order chi connectivity index (χ0) is 12.7. The van der Waals surface area contributed by atoms with Gasteiger partial charge in [-0.3, -0.25) is 4.72 Å². The molecule has 0 aliphatic heterocycles. The number of amides is 2. The molecule has 0 saturated carbocycles. The van der Waals surface area contributed by atoms with Crippen LogP contribution in [0, 0.1) is 11.6 Å². The molecule has 0 spiro atoms. The minimum absolute atomic E-state index is 0.178. The van der Waals surface area contributed by atoms with Crippen molar-refractivity contribution in [1.82, 2.24) is 10.0 Å². The molecule has 6 heteroatoms. The topological polar surface area (TPSA) is 41.1 Å². The minimum atomic E-state index is -0.691. The highest BCUT2D eigenvalue weighted by Crippen LogP contribution is 2.19. The van der Waals surface area contributed by atoms with Crippen LogP contribution in [0.3, 0.4) is 0 Å². The molecule has 1 rings (SSSR count). The first-order valence-electron chi connectivity index (χ1n) is 5.29. The van der Waals surface area contributed by atoms with Crippen molar-refractivity contribution in [2.24, 2.45) is 0 Å². The maximum atomic E-state index is 13.2. The molecule has 17 heavy (non-hydrogen) atoms. The highest BCUT2D eigenvalue weighted by molar-refractivity contribution is 7.98. The Balaban J connectivity index is 2.37. The van der Waals surface area contributed by atoms with Gasteiger partial charge in [-0.15, -0.1) is 0 Å². The molecule has 0 bridgehead atoms. The summed E-state index contributed by atoms with van der Waals surface area (Å²) in [6.07, 6.45) is 1.88. The highest BCUT2D eigenvalue weighted by Gasteiger charge is 2.06. The number of nitrogens with one attached hydrogen (secondary N) is 2. The molecular weight excluding hydrogens is 246 g/mol. The Morgan fingerprint density at radius 3 is 2.82 bits per heavy atom. The van der Waals surface area contributed by atoms with Gasteiger partial charge in [-0.25, -0.2) is 13.6 Å². The number of halogens is 2. The van der Waals surface area contributed by atoms with Gasteiger partial charge in [0.2, 0.25) is 0 Å². The van der Waals surface area contributed by atoms with Crippen molar-refractivity contribution < 1.29 is 13.6 Å². The molecule has 3 nitrogen and oxygen atoms in total. The number of rotatable bonds is 5. The Kier molecular flexibility index (Phi) is 5.76.